The molecule has 2 saturated heterocycles. The van der Waals surface area contributed by atoms with E-state index in [9.17, 15) is 19.7 Å². The number of carbonyl (C=O) groups excluding carboxylic acids is 2. The van der Waals surface area contributed by atoms with Gasteiger partial charge < -0.3 is 19.4 Å². The number of anilines is 1. The highest BCUT2D eigenvalue weighted by molar-refractivity contribution is 5.79. The first-order valence-corrected chi connectivity index (χ1v) is 10.4. The number of carbonyl (C=O) groups is 2. The predicted molar refractivity (Wildman–Crippen MR) is 112 cm³/mol. The summed E-state index contributed by atoms with van der Waals surface area (Å²) >= 11 is 0. The van der Waals surface area contributed by atoms with Crippen molar-refractivity contribution in [3.8, 4) is 0 Å². The molecule has 0 bridgehead atoms. The maximum atomic E-state index is 12.9. The van der Waals surface area contributed by atoms with Crippen molar-refractivity contribution >= 4 is 23.4 Å². The maximum Gasteiger partial charge on any atom is 0.410 e. The molecule has 9 heteroatoms. The molecule has 2 amide bonds. The van der Waals surface area contributed by atoms with Crippen LogP contribution in [0.5, 0.6) is 0 Å². The van der Waals surface area contributed by atoms with Gasteiger partial charge in [-0.05, 0) is 45.7 Å². The number of ether oxygens (including phenoxy) is 1. The van der Waals surface area contributed by atoms with Crippen LogP contribution in [0.1, 0.15) is 33.6 Å². The van der Waals surface area contributed by atoms with Gasteiger partial charge in [0, 0.05) is 63.0 Å². The Kier molecular flexibility index (Phi) is 6.48. The van der Waals surface area contributed by atoms with Crippen molar-refractivity contribution in [3.05, 3.63) is 34.4 Å². The molecule has 0 saturated carbocycles. The molecular weight excluding hydrogens is 388 g/mol. The Morgan fingerprint density at radius 2 is 1.53 bits per heavy atom. The molecule has 2 aliphatic rings. The van der Waals surface area contributed by atoms with Gasteiger partial charge in [0.15, 0.2) is 0 Å². The van der Waals surface area contributed by atoms with Crippen LogP contribution in [0.15, 0.2) is 24.3 Å². The Labute approximate surface area is 176 Å². The number of piperazine rings is 1. The van der Waals surface area contributed by atoms with E-state index in [-0.39, 0.29) is 23.6 Å². The molecule has 1 aromatic carbocycles. The van der Waals surface area contributed by atoms with Gasteiger partial charge in [-0.1, -0.05) is 0 Å². The van der Waals surface area contributed by atoms with Crippen molar-refractivity contribution in [3.63, 3.8) is 0 Å². The molecule has 0 N–H and O–H groups in total. The van der Waals surface area contributed by atoms with Crippen LogP contribution in [0.3, 0.4) is 0 Å². The SMILES string of the molecule is CC(C)(C)OC(=O)N1CCC(C(=O)N2CCN(c3ccc([N+](=O)[O-])cc3)CC2)CC1. The van der Waals surface area contributed by atoms with Gasteiger partial charge in [0.25, 0.3) is 5.69 Å². The molecular formula is C21H30N4O5. The van der Waals surface area contributed by atoms with Crippen molar-refractivity contribution in [1.82, 2.24) is 9.80 Å². The van der Waals surface area contributed by atoms with Crippen molar-refractivity contribution in [2.75, 3.05) is 44.2 Å². The van der Waals surface area contributed by atoms with Crippen molar-refractivity contribution in [1.29, 1.82) is 0 Å². The highest BCUT2D eigenvalue weighted by Gasteiger charge is 2.33. The minimum atomic E-state index is -0.521. The summed E-state index contributed by atoms with van der Waals surface area (Å²) in [5, 5.41) is 10.8. The molecule has 2 fully saturated rings. The normalized spacial score (nSPS) is 18.3. The zero-order valence-corrected chi connectivity index (χ0v) is 17.9. The lowest BCUT2D eigenvalue weighted by atomic mass is 9.95. The molecule has 30 heavy (non-hydrogen) atoms. The van der Waals surface area contributed by atoms with E-state index >= 15 is 0 Å². The van der Waals surface area contributed by atoms with Crippen LogP contribution in [0, 0.1) is 16.0 Å². The number of nitrogens with zero attached hydrogens (tertiary/aromatic N) is 4. The van der Waals surface area contributed by atoms with E-state index in [4.69, 9.17) is 4.74 Å². The largest absolute Gasteiger partial charge is 0.444 e. The predicted octanol–water partition coefficient (Wildman–Crippen LogP) is 2.89. The average molecular weight is 418 g/mol. The molecule has 2 heterocycles. The third-order valence-electron chi connectivity index (χ3n) is 5.51. The zero-order chi connectivity index (χ0) is 21.9. The number of nitro groups is 1. The second-order valence-corrected chi connectivity index (χ2v) is 8.83. The summed E-state index contributed by atoms with van der Waals surface area (Å²) in [4.78, 5) is 41.2. The van der Waals surface area contributed by atoms with E-state index in [1.54, 1.807) is 17.0 Å². The summed E-state index contributed by atoms with van der Waals surface area (Å²) in [6.45, 7) is 9.25. The number of benzene rings is 1. The second kappa shape index (κ2) is 8.89. The van der Waals surface area contributed by atoms with Crippen molar-refractivity contribution in [2.24, 2.45) is 5.92 Å². The first-order chi connectivity index (χ1) is 14.1. The van der Waals surface area contributed by atoms with Crippen LogP contribution in [-0.4, -0.2) is 71.6 Å². The van der Waals surface area contributed by atoms with Crippen LogP contribution >= 0.6 is 0 Å². The molecule has 0 spiro atoms. The molecule has 9 nitrogen and oxygen atoms in total. The highest BCUT2D eigenvalue weighted by atomic mass is 16.6. The van der Waals surface area contributed by atoms with Gasteiger partial charge in [-0.25, -0.2) is 4.79 Å². The van der Waals surface area contributed by atoms with E-state index in [1.807, 2.05) is 25.7 Å². The molecule has 0 radical (unpaired) electrons. The van der Waals surface area contributed by atoms with Gasteiger partial charge in [-0.3, -0.25) is 14.9 Å². The average Bonchev–Trinajstić information content (AvgIpc) is 2.72. The van der Waals surface area contributed by atoms with Crippen LogP contribution in [0.2, 0.25) is 0 Å². The molecule has 0 unspecified atom stereocenters. The first kappa shape index (κ1) is 21.9. The Bertz CT molecular complexity index is 774. The number of piperidine rings is 1. The number of likely N-dealkylation sites (tertiary alicyclic amines) is 1. The Morgan fingerprint density at radius 3 is 2.03 bits per heavy atom. The fourth-order valence-electron chi connectivity index (χ4n) is 3.86. The van der Waals surface area contributed by atoms with Gasteiger partial charge in [-0.15, -0.1) is 0 Å². The molecule has 164 valence electrons. The lowest BCUT2D eigenvalue weighted by molar-refractivity contribution is -0.384. The molecule has 1 aromatic rings. The maximum absolute atomic E-state index is 12.9. The quantitative estimate of drug-likeness (QED) is 0.553. The molecule has 0 atom stereocenters. The van der Waals surface area contributed by atoms with Crippen molar-refractivity contribution in [2.45, 2.75) is 39.2 Å². The number of nitro benzene ring substituents is 1. The minimum absolute atomic E-state index is 0.0605. The lowest BCUT2D eigenvalue weighted by Gasteiger charge is -2.39. The molecule has 3 rings (SSSR count). The summed E-state index contributed by atoms with van der Waals surface area (Å²) in [6, 6.07) is 6.51. The van der Waals surface area contributed by atoms with Crippen LogP contribution in [0.25, 0.3) is 0 Å². The van der Waals surface area contributed by atoms with Gasteiger partial charge in [0.1, 0.15) is 5.60 Å². The number of amides is 2. The van der Waals surface area contributed by atoms with Gasteiger partial charge in [0.05, 0.1) is 4.92 Å². The van der Waals surface area contributed by atoms with Gasteiger partial charge in [0.2, 0.25) is 5.91 Å². The fraction of sp³-hybridized carbons (Fsp3) is 0.619. The first-order valence-electron chi connectivity index (χ1n) is 10.4. The summed E-state index contributed by atoms with van der Waals surface area (Å²) in [5.74, 6) is 0.0943. The summed E-state index contributed by atoms with van der Waals surface area (Å²) in [5.41, 5.74) is 0.483. The topological polar surface area (TPSA) is 96.2 Å². The number of non-ortho nitro benzene ring substituents is 1. The second-order valence-electron chi connectivity index (χ2n) is 8.83. The molecule has 0 aliphatic carbocycles. The van der Waals surface area contributed by atoms with Crippen LogP contribution < -0.4 is 4.90 Å². The summed E-state index contributed by atoms with van der Waals surface area (Å²) in [7, 11) is 0. The smallest absolute Gasteiger partial charge is 0.410 e. The Balaban J connectivity index is 1.46. The highest BCUT2D eigenvalue weighted by Crippen LogP contribution is 2.24. The van der Waals surface area contributed by atoms with Crippen molar-refractivity contribution < 1.29 is 19.2 Å². The molecule has 0 aromatic heterocycles. The lowest BCUT2D eigenvalue weighted by Crippen LogP contribution is -2.52. The zero-order valence-electron chi connectivity index (χ0n) is 17.9. The number of hydrogen-bond acceptors (Lipinski definition) is 6. The van der Waals surface area contributed by atoms with Gasteiger partial charge in [-0.2, -0.15) is 0 Å². The van der Waals surface area contributed by atoms with E-state index in [2.05, 4.69) is 4.90 Å². The van der Waals surface area contributed by atoms with E-state index < -0.39 is 10.5 Å². The van der Waals surface area contributed by atoms with E-state index in [0.717, 1.165) is 5.69 Å². The standard InChI is InChI=1S/C21H30N4O5/c1-21(2,3)30-20(27)24-10-8-16(9-11-24)19(26)23-14-12-22(13-15-23)17-4-6-18(7-5-17)25(28)29/h4-7,16H,8-15H2,1-3H3. The summed E-state index contributed by atoms with van der Waals surface area (Å²) < 4.78 is 5.41. The Hall–Kier alpha value is -2.84. The van der Waals surface area contributed by atoms with Gasteiger partial charge >= 0.3 is 6.09 Å². The third-order valence-corrected chi connectivity index (χ3v) is 5.51. The summed E-state index contributed by atoms with van der Waals surface area (Å²) in [6.07, 6.45) is 0.992. The van der Waals surface area contributed by atoms with E-state index in [0.29, 0.717) is 52.1 Å². The monoisotopic (exact) mass is 418 g/mol. The van der Waals surface area contributed by atoms with E-state index in [1.165, 1.54) is 12.1 Å². The Morgan fingerprint density at radius 1 is 0.967 bits per heavy atom. The van der Waals surface area contributed by atoms with Crippen LogP contribution in [0.4, 0.5) is 16.2 Å². The third kappa shape index (κ3) is 5.40. The minimum Gasteiger partial charge on any atom is -0.444 e. The number of rotatable bonds is 3. The van der Waals surface area contributed by atoms with Crippen LogP contribution in [-0.2, 0) is 9.53 Å². The molecule has 2 aliphatic heterocycles. The fourth-order valence-corrected chi connectivity index (χ4v) is 3.86. The number of hydrogen-bond donors (Lipinski definition) is 0.